The van der Waals surface area contributed by atoms with Gasteiger partial charge in [0.05, 0.1) is 31.6 Å². The second-order valence-electron chi connectivity index (χ2n) is 15.1. The van der Waals surface area contributed by atoms with Crippen molar-refractivity contribution < 1.29 is 53.3 Å². The summed E-state index contributed by atoms with van der Waals surface area (Å²) in [6.07, 6.45) is -0.209. The van der Waals surface area contributed by atoms with Gasteiger partial charge in [-0.05, 0) is 82.1 Å². The van der Waals surface area contributed by atoms with Gasteiger partial charge in [-0.15, -0.1) is 11.8 Å². The van der Waals surface area contributed by atoms with Crippen LogP contribution in [0.1, 0.15) is 82.1 Å². The van der Waals surface area contributed by atoms with Crippen LogP contribution in [-0.4, -0.2) is 103 Å². The quantitative estimate of drug-likeness (QED) is 0.181. The molecule has 4 N–H and O–H groups in total. The number of aryl methyl sites for hydroxylation is 2. The summed E-state index contributed by atoms with van der Waals surface area (Å²) in [6, 6.07) is 3.17. The van der Waals surface area contributed by atoms with E-state index in [4.69, 9.17) is 28.4 Å². The third-order valence-electron chi connectivity index (χ3n) is 11.6. The van der Waals surface area contributed by atoms with Gasteiger partial charge in [0, 0.05) is 47.5 Å². The molecule has 0 radical (unpaired) electrons. The zero-order valence-electron chi connectivity index (χ0n) is 33.3. The van der Waals surface area contributed by atoms with Crippen molar-refractivity contribution in [2.45, 2.75) is 82.6 Å². The Labute approximate surface area is 330 Å². The van der Waals surface area contributed by atoms with Crippen molar-refractivity contribution in [3.63, 3.8) is 0 Å². The maximum absolute atomic E-state index is 14.8. The lowest BCUT2D eigenvalue weighted by Gasteiger charge is -2.54. The smallest absolute Gasteiger partial charge is 0.331 e. The van der Waals surface area contributed by atoms with Gasteiger partial charge < -0.3 is 48.6 Å². The molecule has 0 amide bonds. The second-order valence-corrected chi connectivity index (χ2v) is 16.2. The van der Waals surface area contributed by atoms with Crippen LogP contribution >= 0.6 is 11.8 Å². The minimum Gasteiger partial charge on any atom is -0.504 e. The van der Waals surface area contributed by atoms with Crippen LogP contribution in [0.5, 0.6) is 40.2 Å². The standard InChI is InChI=1S/C41H51N3O11S/c1-10-28(47)44-25-16-52-40(49)41(24-15-27(50-8)26(46)14-23(24)11-12-42-41)17-56-39(31-30(25)38-37(53-18-54-38)21(4)36(31)55-22(5)45)33(44)32(43(6)7)29-19(2)13-20(3)35(51-9)34(29)48/h13-15,25,28,32-33,39,42,46-48H,10-12,16-18H2,1-9H3/t25-,28-,32+,33?,39+,41+/m0/s1. The number of fused-ring (bicyclic) bond motifs is 6. The molecule has 3 aromatic carbocycles. The minimum absolute atomic E-state index is 0.0208. The third-order valence-corrected chi connectivity index (χ3v) is 13.1. The van der Waals surface area contributed by atoms with E-state index in [-0.39, 0.29) is 36.4 Å². The molecule has 6 atom stereocenters. The number of aliphatic hydroxyl groups excluding tert-OH is 1. The molecule has 0 aromatic heterocycles. The largest absolute Gasteiger partial charge is 0.504 e. The highest BCUT2D eigenvalue weighted by Crippen LogP contribution is 2.62. The second kappa shape index (κ2) is 15.2. The summed E-state index contributed by atoms with van der Waals surface area (Å²) < 4.78 is 36.1. The first-order valence-electron chi connectivity index (χ1n) is 18.8. The van der Waals surface area contributed by atoms with E-state index in [0.717, 1.165) is 16.7 Å². The number of aliphatic hydroxyl groups is 1. The number of phenolic OH excluding ortho intramolecular Hbond substituents is 2. The van der Waals surface area contributed by atoms with Gasteiger partial charge in [0.25, 0.3) is 0 Å². The van der Waals surface area contributed by atoms with E-state index in [1.54, 1.807) is 12.1 Å². The van der Waals surface area contributed by atoms with Crippen molar-refractivity contribution in [2.24, 2.45) is 0 Å². The Morgan fingerprint density at radius 1 is 1.05 bits per heavy atom. The minimum atomic E-state index is -1.39. The molecule has 1 spiro atoms. The van der Waals surface area contributed by atoms with Crippen LogP contribution < -0.4 is 29.0 Å². The van der Waals surface area contributed by atoms with E-state index in [1.807, 2.05) is 57.7 Å². The van der Waals surface area contributed by atoms with Gasteiger partial charge in [0.15, 0.2) is 40.0 Å². The summed E-state index contributed by atoms with van der Waals surface area (Å²) in [5.41, 5.74) is 3.99. The molecule has 14 nitrogen and oxygen atoms in total. The molecule has 5 aliphatic rings. The third kappa shape index (κ3) is 6.18. The predicted molar refractivity (Wildman–Crippen MR) is 208 cm³/mol. The Hall–Kier alpha value is -4.41. The Kier molecular flexibility index (Phi) is 10.8. The molecule has 1 saturated heterocycles. The topological polar surface area (TPSA) is 169 Å². The van der Waals surface area contributed by atoms with Gasteiger partial charge in [0.2, 0.25) is 6.79 Å². The lowest BCUT2D eigenvalue weighted by atomic mass is 9.78. The average Bonchev–Trinajstić information content (AvgIpc) is 3.65. The summed E-state index contributed by atoms with van der Waals surface area (Å²) in [5.74, 6) is 0.703. The van der Waals surface area contributed by atoms with Crippen LogP contribution in [0.3, 0.4) is 0 Å². The lowest BCUT2D eigenvalue weighted by Crippen LogP contribution is -2.60. The Morgan fingerprint density at radius 2 is 1.79 bits per heavy atom. The monoisotopic (exact) mass is 793 g/mol. The molecule has 56 heavy (non-hydrogen) atoms. The molecule has 15 heteroatoms. The molecule has 0 aliphatic carbocycles. The zero-order chi connectivity index (χ0) is 40.4. The first-order valence-corrected chi connectivity index (χ1v) is 19.8. The summed E-state index contributed by atoms with van der Waals surface area (Å²) in [7, 11) is 6.81. The molecule has 0 saturated carbocycles. The highest BCUT2D eigenvalue weighted by molar-refractivity contribution is 7.99. The van der Waals surface area contributed by atoms with E-state index < -0.39 is 47.1 Å². The normalized spacial score (nSPS) is 24.0. The number of carbonyl (C=O) groups is 2. The molecule has 5 heterocycles. The number of hydrogen-bond donors (Lipinski definition) is 4. The number of nitrogens with one attached hydrogen (secondary N) is 1. The molecule has 3 aromatic rings. The van der Waals surface area contributed by atoms with Crippen LogP contribution in [0.2, 0.25) is 0 Å². The summed E-state index contributed by atoms with van der Waals surface area (Å²) >= 11 is 1.44. The van der Waals surface area contributed by atoms with Gasteiger partial charge >= 0.3 is 11.9 Å². The van der Waals surface area contributed by atoms with Crippen molar-refractivity contribution in [2.75, 3.05) is 54.0 Å². The number of methoxy groups -OCH3 is 2. The van der Waals surface area contributed by atoms with Gasteiger partial charge in [-0.1, -0.05) is 13.0 Å². The van der Waals surface area contributed by atoms with Crippen molar-refractivity contribution in [1.29, 1.82) is 0 Å². The van der Waals surface area contributed by atoms with Crippen molar-refractivity contribution >= 4 is 23.7 Å². The number of benzene rings is 3. The number of thioether (sulfide) groups is 1. The van der Waals surface area contributed by atoms with Crippen molar-refractivity contribution in [3.8, 4) is 40.2 Å². The lowest BCUT2D eigenvalue weighted by molar-refractivity contribution is -0.159. The molecule has 8 rings (SSSR count). The van der Waals surface area contributed by atoms with Crippen LogP contribution in [0.15, 0.2) is 18.2 Å². The molecule has 1 unspecified atom stereocenters. The Bertz CT molecular complexity index is 2080. The number of aromatic hydroxyl groups is 2. The maximum Gasteiger partial charge on any atom is 0.331 e. The average molecular weight is 794 g/mol. The van der Waals surface area contributed by atoms with E-state index in [0.29, 0.717) is 70.2 Å². The van der Waals surface area contributed by atoms with Crippen LogP contribution in [0, 0.1) is 20.8 Å². The van der Waals surface area contributed by atoms with Gasteiger partial charge in [-0.2, -0.15) is 0 Å². The molecule has 2 bridgehead atoms. The van der Waals surface area contributed by atoms with Gasteiger partial charge in [0.1, 0.15) is 18.6 Å². The van der Waals surface area contributed by atoms with Crippen molar-refractivity contribution in [1.82, 2.24) is 15.1 Å². The van der Waals surface area contributed by atoms with E-state index in [2.05, 4.69) is 5.32 Å². The number of carbonyl (C=O) groups excluding carboxylic acids is 2. The summed E-state index contributed by atoms with van der Waals surface area (Å²) in [5, 5.41) is 37.9. The van der Waals surface area contributed by atoms with Gasteiger partial charge in [-0.25, -0.2) is 4.79 Å². The molecular formula is C41H51N3O11S. The van der Waals surface area contributed by atoms with Crippen LogP contribution in [0.4, 0.5) is 0 Å². The summed E-state index contributed by atoms with van der Waals surface area (Å²) in [4.78, 5) is 31.7. The Balaban J connectivity index is 1.56. The highest BCUT2D eigenvalue weighted by atomic mass is 32.2. The molecule has 302 valence electrons. The fourth-order valence-electron chi connectivity index (χ4n) is 9.25. The SMILES string of the molecule is CC[C@H](O)N1C([C@@H](c2c(C)cc(C)c(OC)c2O)N(C)C)[C@@H]2SC[C@]3(NCCc4cc(O)c(OC)cc43)C(=O)OC[C@H]1c1c3c(c(C)c(OC(C)=O)c12)OCO3. The number of rotatable bonds is 8. The van der Waals surface area contributed by atoms with Crippen molar-refractivity contribution in [3.05, 3.63) is 62.7 Å². The first-order chi connectivity index (χ1) is 26.7. The van der Waals surface area contributed by atoms with E-state index in [1.165, 1.54) is 32.9 Å². The number of phenols is 2. The maximum atomic E-state index is 14.8. The fraction of sp³-hybridized carbons (Fsp3) is 0.512. The zero-order valence-corrected chi connectivity index (χ0v) is 34.1. The number of hydrogen-bond acceptors (Lipinski definition) is 15. The predicted octanol–water partition coefficient (Wildman–Crippen LogP) is 4.82. The van der Waals surface area contributed by atoms with Crippen LogP contribution in [-0.2, 0) is 26.3 Å². The fourth-order valence-corrected chi connectivity index (χ4v) is 10.9. The summed E-state index contributed by atoms with van der Waals surface area (Å²) in [6.45, 7) is 8.97. The number of nitrogens with zero attached hydrogens (tertiary/aromatic N) is 2. The first kappa shape index (κ1) is 39.8. The Morgan fingerprint density at radius 3 is 2.45 bits per heavy atom. The van der Waals surface area contributed by atoms with E-state index >= 15 is 0 Å². The molecule has 5 aliphatic heterocycles. The number of esters is 2. The molecular weight excluding hydrogens is 743 g/mol. The molecule has 1 fully saturated rings. The van der Waals surface area contributed by atoms with Crippen LogP contribution in [0.25, 0.3) is 0 Å². The van der Waals surface area contributed by atoms with E-state index in [9.17, 15) is 24.9 Å². The number of likely N-dealkylation sites (N-methyl/N-ethyl adjacent to an activating group) is 1. The van der Waals surface area contributed by atoms with Gasteiger partial charge in [-0.3, -0.25) is 15.0 Å². The highest BCUT2D eigenvalue weighted by Gasteiger charge is 2.56. The number of ether oxygens (including phenoxy) is 6.